The quantitative estimate of drug-likeness (QED) is 0.123. The van der Waals surface area contributed by atoms with Gasteiger partial charge in [-0.2, -0.15) is 4.68 Å². The first-order valence-corrected chi connectivity index (χ1v) is 18.0. The molecular weight excluding hydrogens is 732 g/mol. The van der Waals surface area contributed by atoms with Gasteiger partial charge in [-0.15, -0.1) is 5.10 Å². The molecule has 0 saturated carbocycles. The van der Waals surface area contributed by atoms with E-state index in [0.29, 0.717) is 63.2 Å². The highest BCUT2D eigenvalue weighted by Crippen LogP contribution is 2.30. The number of tetrazole rings is 1. The number of amides is 5. The summed E-state index contributed by atoms with van der Waals surface area (Å²) in [4.78, 5) is 73.4. The number of hydrogen-bond donors (Lipinski definition) is 5. The zero-order chi connectivity index (χ0) is 38.6. The zero-order valence-electron chi connectivity index (χ0n) is 29.4. The minimum atomic E-state index is -1.14. The fourth-order valence-electron chi connectivity index (χ4n) is 7.01. The van der Waals surface area contributed by atoms with Crippen LogP contribution in [-0.2, 0) is 20.8 Å². The maximum atomic E-state index is 14.1. The van der Waals surface area contributed by atoms with E-state index < -0.39 is 29.7 Å². The summed E-state index contributed by atoms with van der Waals surface area (Å²) < 4.78 is 1.35. The SMILES string of the molecule is O=C(O)c1cc2cc(NC(=O)C(Cc3ccc(NC(=O)N4CCC(CCO)CC4)cc3)N3CCN(c4cc(Cl)ccc4-n4cnnn4)C(=O)C3=O)ccc2[nH]1. The Morgan fingerprint density at radius 1 is 0.891 bits per heavy atom. The molecule has 3 aromatic carbocycles. The molecule has 5 N–H and O–H groups in total. The maximum Gasteiger partial charge on any atom is 0.352 e. The molecule has 0 aliphatic carbocycles. The first-order valence-electron chi connectivity index (χ1n) is 17.7. The Kier molecular flexibility index (Phi) is 10.7. The molecule has 7 rings (SSSR count). The van der Waals surface area contributed by atoms with E-state index in [0.717, 1.165) is 19.3 Å². The van der Waals surface area contributed by atoms with Crippen LogP contribution in [0.1, 0.15) is 35.3 Å². The lowest BCUT2D eigenvalue weighted by Gasteiger charge is -2.38. The van der Waals surface area contributed by atoms with Crippen molar-refractivity contribution in [2.24, 2.45) is 5.92 Å². The summed E-state index contributed by atoms with van der Waals surface area (Å²) in [5.41, 5.74) is 2.85. The number of carbonyl (C=O) groups is 5. The number of anilines is 3. The Morgan fingerprint density at radius 2 is 1.65 bits per heavy atom. The molecular formula is C37H37ClN10O7. The average molecular weight is 769 g/mol. The van der Waals surface area contributed by atoms with Crippen LogP contribution >= 0.6 is 11.6 Å². The van der Waals surface area contributed by atoms with Crippen molar-refractivity contribution in [3.05, 3.63) is 89.3 Å². The van der Waals surface area contributed by atoms with Gasteiger partial charge in [0.1, 0.15) is 18.1 Å². The standard InChI is InChI=1S/C37H37ClN10O7/c38-25-3-8-30(48-21-39-43-44-48)31(20-25)46-14-15-47(35(52)34(46)51)32(33(50)40-27-6-7-28-24(18-27)19-29(42-28)36(53)54)17-23-1-4-26(5-2-23)41-37(55)45-12-9-22(10-13-45)11-16-49/h1-8,18-22,32,42,49H,9-17H2,(H,40,50)(H,41,55)(H,53,54). The molecule has 4 heterocycles. The summed E-state index contributed by atoms with van der Waals surface area (Å²) >= 11 is 6.31. The Hall–Kier alpha value is -6.33. The van der Waals surface area contributed by atoms with Crippen molar-refractivity contribution in [3.63, 3.8) is 0 Å². The molecule has 0 bridgehead atoms. The number of urea groups is 1. The van der Waals surface area contributed by atoms with E-state index in [1.807, 2.05) is 0 Å². The molecule has 5 aromatic rings. The highest BCUT2D eigenvalue weighted by Gasteiger charge is 2.40. The molecule has 1 atom stereocenters. The lowest BCUT2D eigenvalue weighted by Crippen LogP contribution is -2.60. The number of aromatic nitrogens is 5. The van der Waals surface area contributed by atoms with Gasteiger partial charge in [0.2, 0.25) is 5.91 Å². The number of fused-ring (bicyclic) bond motifs is 1. The van der Waals surface area contributed by atoms with Gasteiger partial charge in [-0.1, -0.05) is 23.7 Å². The molecule has 5 amide bonds. The number of carbonyl (C=O) groups excluding carboxylic acids is 4. The number of benzene rings is 3. The fraction of sp³-hybridized carbons (Fsp3) is 0.297. The van der Waals surface area contributed by atoms with Gasteiger partial charge in [-0.25, -0.2) is 9.59 Å². The number of carboxylic acids is 1. The van der Waals surface area contributed by atoms with Crippen LogP contribution in [0.25, 0.3) is 16.6 Å². The van der Waals surface area contributed by atoms with E-state index in [-0.39, 0.29) is 37.8 Å². The number of halogens is 1. The van der Waals surface area contributed by atoms with E-state index in [4.69, 9.17) is 11.6 Å². The number of nitrogens with one attached hydrogen (secondary N) is 3. The number of nitrogens with zero attached hydrogens (tertiary/aromatic N) is 7. The first-order chi connectivity index (χ1) is 26.6. The summed E-state index contributed by atoms with van der Waals surface area (Å²) in [6, 6.07) is 16.6. The van der Waals surface area contributed by atoms with Crippen molar-refractivity contribution in [2.45, 2.75) is 31.7 Å². The summed E-state index contributed by atoms with van der Waals surface area (Å²) in [5, 5.41) is 36.5. The van der Waals surface area contributed by atoms with E-state index in [2.05, 4.69) is 31.1 Å². The van der Waals surface area contributed by atoms with Crippen LogP contribution in [0.3, 0.4) is 0 Å². The van der Waals surface area contributed by atoms with Crippen LogP contribution in [-0.4, -0.2) is 114 Å². The van der Waals surface area contributed by atoms with Crippen molar-refractivity contribution in [3.8, 4) is 5.69 Å². The minimum absolute atomic E-state index is 0.00776. The van der Waals surface area contributed by atoms with Gasteiger partial charge in [-0.3, -0.25) is 14.4 Å². The minimum Gasteiger partial charge on any atom is -0.477 e. The van der Waals surface area contributed by atoms with Gasteiger partial charge in [0.25, 0.3) is 0 Å². The third kappa shape index (κ3) is 8.12. The molecule has 1 unspecified atom stereocenters. The second kappa shape index (κ2) is 16.0. The van der Waals surface area contributed by atoms with Crippen molar-refractivity contribution in [1.29, 1.82) is 0 Å². The number of aromatic amines is 1. The van der Waals surface area contributed by atoms with Crippen LogP contribution in [0.2, 0.25) is 5.02 Å². The monoisotopic (exact) mass is 768 g/mol. The molecule has 2 aliphatic heterocycles. The second-order valence-electron chi connectivity index (χ2n) is 13.4. The Bertz CT molecular complexity index is 2240. The number of aliphatic hydroxyl groups is 1. The largest absolute Gasteiger partial charge is 0.477 e. The first kappa shape index (κ1) is 37.0. The highest BCUT2D eigenvalue weighted by molar-refractivity contribution is 6.41. The summed E-state index contributed by atoms with van der Waals surface area (Å²) in [5.74, 6) is -3.09. The predicted octanol–water partition coefficient (Wildman–Crippen LogP) is 3.55. The highest BCUT2D eigenvalue weighted by atomic mass is 35.5. The van der Waals surface area contributed by atoms with Gasteiger partial charge >= 0.3 is 23.8 Å². The molecule has 2 saturated heterocycles. The Labute approximate surface area is 318 Å². The summed E-state index contributed by atoms with van der Waals surface area (Å²) in [7, 11) is 0. The van der Waals surface area contributed by atoms with Crippen molar-refractivity contribution >= 4 is 69.3 Å². The molecule has 55 heavy (non-hydrogen) atoms. The van der Waals surface area contributed by atoms with Crippen LogP contribution in [0.4, 0.5) is 21.9 Å². The van der Waals surface area contributed by atoms with Gasteiger partial charge in [-0.05, 0) is 95.8 Å². The molecule has 0 spiro atoms. The molecule has 2 aliphatic rings. The molecule has 0 radical (unpaired) electrons. The van der Waals surface area contributed by atoms with E-state index in [9.17, 15) is 34.2 Å². The third-order valence-corrected chi connectivity index (χ3v) is 10.2. The van der Waals surface area contributed by atoms with Crippen LogP contribution < -0.4 is 15.5 Å². The Morgan fingerprint density at radius 3 is 2.36 bits per heavy atom. The van der Waals surface area contributed by atoms with Crippen molar-refractivity contribution in [2.75, 3.05) is 48.3 Å². The van der Waals surface area contributed by atoms with Gasteiger partial charge in [0.15, 0.2) is 0 Å². The lowest BCUT2D eigenvalue weighted by molar-refractivity contribution is -0.149. The third-order valence-electron chi connectivity index (χ3n) is 9.95. The normalized spacial score (nSPS) is 15.7. The molecule has 2 aromatic heterocycles. The predicted molar refractivity (Wildman–Crippen MR) is 201 cm³/mol. The number of aliphatic hydroxyl groups excluding tert-OH is 1. The van der Waals surface area contributed by atoms with Crippen molar-refractivity contribution in [1.82, 2.24) is 35.0 Å². The molecule has 284 valence electrons. The van der Waals surface area contributed by atoms with Crippen LogP contribution in [0.5, 0.6) is 0 Å². The maximum absolute atomic E-state index is 14.1. The molecule has 2 fully saturated rings. The average Bonchev–Trinajstić information content (AvgIpc) is 3.87. The number of likely N-dealkylation sites (tertiary alicyclic amines) is 1. The van der Waals surface area contributed by atoms with Gasteiger partial charge in [0, 0.05) is 66.5 Å². The van der Waals surface area contributed by atoms with Gasteiger partial charge in [0.05, 0.1) is 11.4 Å². The number of piperazine rings is 1. The number of H-pyrrole nitrogens is 1. The Balaban J connectivity index is 1.11. The topological polar surface area (TPSA) is 219 Å². The summed E-state index contributed by atoms with van der Waals surface area (Å²) in [6.07, 6.45) is 3.76. The van der Waals surface area contributed by atoms with Gasteiger partial charge < -0.3 is 40.5 Å². The zero-order valence-corrected chi connectivity index (χ0v) is 30.1. The summed E-state index contributed by atoms with van der Waals surface area (Å²) in [6.45, 7) is 1.35. The number of aromatic carboxylic acids is 1. The number of hydrogen-bond acceptors (Lipinski definition) is 9. The van der Waals surface area contributed by atoms with Crippen LogP contribution in [0.15, 0.2) is 73.1 Å². The fourth-order valence-corrected chi connectivity index (χ4v) is 7.17. The van der Waals surface area contributed by atoms with Crippen LogP contribution in [0, 0.1) is 5.92 Å². The number of piperidine rings is 1. The molecule has 18 heteroatoms. The molecule has 17 nitrogen and oxygen atoms in total. The number of carboxylic acid groups (broad SMARTS) is 1. The van der Waals surface area contributed by atoms with Crippen molar-refractivity contribution < 1.29 is 34.2 Å². The van der Waals surface area contributed by atoms with E-state index in [1.54, 1.807) is 59.5 Å². The van der Waals surface area contributed by atoms with E-state index in [1.165, 1.54) is 32.9 Å². The smallest absolute Gasteiger partial charge is 0.352 e. The lowest BCUT2D eigenvalue weighted by atomic mass is 9.94. The van der Waals surface area contributed by atoms with E-state index >= 15 is 0 Å². The second-order valence-corrected chi connectivity index (χ2v) is 13.8. The number of rotatable bonds is 11.